The van der Waals surface area contributed by atoms with E-state index in [4.69, 9.17) is 5.11 Å². The van der Waals surface area contributed by atoms with Crippen molar-refractivity contribution in [3.8, 4) is 0 Å². The minimum absolute atomic E-state index is 0.243. The molecule has 0 spiro atoms. The highest BCUT2D eigenvalue weighted by atomic mass is 19.1. The van der Waals surface area contributed by atoms with Gasteiger partial charge in [-0.25, -0.2) is 9.18 Å². The smallest absolute Gasteiger partial charge is 0.338 e. The van der Waals surface area contributed by atoms with Crippen molar-refractivity contribution in [1.82, 2.24) is 4.90 Å². The zero-order valence-electron chi connectivity index (χ0n) is 12.1. The van der Waals surface area contributed by atoms with Gasteiger partial charge in [0.2, 0.25) is 0 Å². The average Bonchev–Trinajstić information content (AvgIpc) is 2.40. The maximum atomic E-state index is 14.1. The number of nitrogens with zero attached hydrogens (tertiary/aromatic N) is 1. The summed E-state index contributed by atoms with van der Waals surface area (Å²) in [7, 11) is 2.00. The minimum atomic E-state index is -1.21. The molecule has 0 saturated heterocycles. The van der Waals surface area contributed by atoms with Gasteiger partial charge in [-0.15, -0.1) is 0 Å². The van der Waals surface area contributed by atoms with E-state index in [-0.39, 0.29) is 5.56 Å². The molecule has 2 atom stereocenters. The van der Waals surface area contributed by atoms with Crippen LogP contribution in [-0.2, 0) is 6.54 Å². The molecule has 1 saturated carbocycles. The Hall–Kier alpha value is -1.42. The molecule has 0 heterocycles. The van der Waals surface area contributed by atoms with Crippen LogP contribution in [0.15, 0.2) is 18.2 Å². The van der Waals surface area contributed by atoms with Crippen LogP contribution in [0.5, 0.6) is 0 Å². The second-order valence-corrected chi connectivity index (χ2v) is 5.92. The summed E-state index contributed by atoms with van der Waals surface area (Å²) in [6.45, 7) is 2.72. The third-order valence-electron chi connectivity index (χ3n) is 4.26. The topological polar surface area (TPSA) is 40.5 Å². The van der Waals surface area contributed by atoms with Crippen molar-refractivity contribution in [1.29, 1.82) is 0 Å². The Labute approximate surface area is 119 Å². The van der Waals surface area contributed by atoms with E-state index in [2.05, 4.69) is 11.8 Å². The van der Waals surface area contributed by atoms with Crippen molar-refractivity contribution < 1.29 is 14.3 Å². The monoisotopic (exact) mass is 279 g/mol. The highest BCUT2D eigenvalue weighted by Crippen LogP contribution is 2.28. The van der Waals surface area contributed by atoms with Crippen LogP contribution in [0, 0.1) is 11.7 Å². The summed E-state index contributed by atoms with van der Waals surface area (Å²) in [6.07, 6.45) is 4.76. The number of rotatable bonds is 4. The summed E-state index contributed by atoms with van der Waals surface area (Å²) < 4.78 is 14.1. The highest BCUT2D eigenvalue weighted by molar-refractivity contribution is 5.88. The molecule has 110 valence electrons. The lowest BCUT2D eigenvalue weighted by atomic mass is 9.86. The molecule has 1 aromatic carbocycles. The molecule has 1 aliphatic rings. The second-order valence-electron chi connectivity index (χ2n) is 5.92. The summed E-state index contributed by atoms with van der Waals surface area (Å²) in [5, 5.41) is 8.95. The minimum Gasteiger partial charge on any atom is -0.478 e. The van der Waals surface area contributed by atoms with E-state index in [1.54, 1.807) is 12.1 Å². The SMILES string of the molecule is CC1CCCC(N(C)Cc2cccc(C(=O)O)c2F)C1. The molecule has 0 radical (unpaired) electrons. The van der Waals surface area contributed by atoms with E-state index < -0.39 is 11.8 Å². The van der Waals surface area contributed by atoms with E-state index in [1.165, 1.54) is 18.9 Å². The lowest BCUT2D eigenvalue weighted by molar-refractivity contribution is 0.0691. The number of carbonyl (C=O) groups is 1. The van der Waals surface area contributed by atoms with Gasteiger partial charge in [0, 0.05) is 18.2 Å². The van der Waals surface area contributed by atoms with Crippen LogP contribution in [0.1, 0.15) is 48.5 Å². The molecule has 3 nitrogen and oxygen atoms in total. The Morgan fingerprint density at radius 2 is 2.20 bits per heavy atom. The molecule has 0 bridgehead atoms. The molecular formula is C16H22FNO2. The molecule has 1 fully saturated rings. The van der Waals surface area contributed by atoms with Crippen molar-refractivity contribution in [2.24, 2.45) is 5.92 Å². The van der Waals surface area contributed by atoms with E-state index in [0.29, 0.717) is 24.1 Å². The number of hydrogen-bond donors (Lipinski definition) is 1. The van der Waals surface area contributed by atoms with Gasteiger partial charge in [-0.05, 0) is 31.9 Å². The fraction of sp³-hybridized carbons (Fsp3) is 0.562. The van der Waals surface area contributed by atoms with Gasteiger partial charge in [0.15, 0.2) is 0 Å². The molecule has 1 N–H and O–H groups in total. The fourth-order valence-electron chi connectivity index (χ4n) is 3.07. The predicted molar refractivity (Wildman–Crippen MR) is 76.2 cm³/mol. The molecule has 1 aromatic rings. The molecule has 0 aliphatic heterocycles. The molecule has 1 aliphatic carbocycles. The number of benzene rings is 1. The first-order valence-corrected chi connectivity index (χ1v) is 7.20. The maximum Gasteiger partial charge on any atom is 0.338 e. The standard InChI is InChI=1S/C16H22FNO2/c1-11-5-3-7-13(9-11)18(2)10-12-6-4-8-14(15(12)17)16(19)20/h4,6,8,11,13H,3,5,7,9-10H2,1-2H3,(H,19,20). The number of aromatic carboxylic acids is 1. The van der Waals surface area contributed by atoms with Gasteiger partial charge in [-0.3, -0.25) is 4.90 Å². The first kappa shape index (κ1) is 15.0. The maximum absolute atomic E-state index is 14.1. The van der Waals surface area contributed by atoms with Gasteiger partial charge in [0.25, 0.3) is 0 Å². The van der Waals surface area contributed by atoms with Crippen LogP contribution < -0.4 is 0 Å². The quantitative estimate of drug-likeness (QED) is 0.916. The van der Waals surface area contributed by atoms with E-state index >= 15 is 0 Å². The van der Waals surface area contributed by atoms with Crippen LogP contribution in [0.2, 0.25) is 0 Å². The van der Waals surface area contributed by atoms with Crippen LogP contribution in [-0.4, -0.2) is 29.1 Å². The summed E-state index contributed by atoms with van der Waals surface area (Å²) in [4.78, 5) is 13.1. The summed E-state index contributed by atoms with van der Waals surface area (Å²) in [6, 6.07) is 5.06. The van der Waals surface area contributed by atoms with Crippen molar-refractivity contribution in [2.75, 3.05) is 7.05 Å². The zero-order chi connectivity index (χ0) is 14.7. The van der Waals surface area contributed by atoms with Crippen LogP contribution in [0.4, 0.5) is 4.39 Å². The Morgan fingerprint density at radius 1 is 1.45 bits per heavy atom. The normalized spacial score (nSPS) is 23.0. The van der Waals surface area contributed by atoms with Crippen LogP contribution in [0.25, 0.3) is 0 Å². The van der Waals surface area contributed by atoms with Crippen LogP contribution in [0.3, 0.4) is 0 Å². The Balaban J connectivity index is 2.09. The Bertz CT molecular complexity index is 489. The Morgan fingerprint density at radius 3 is 2.85 bits per heavy atom. The fourth-order valence-corrected chi connectivity index (χ4v) is 3.07. The highest BCUT2D eigenvalue weighted by Gasteiger charge is 2.23. The molecule has 2 rings (SSSR count). The molecule has 4 heteroatoms. The zero-order valence-corrected chi connectivity index (χ0v) is 12.1. The van der Waals surface area contributed by atoms with Gasteiger partial charge < -0.3 is 5.11 Å². The number of carboxylic acid groups (broad SMARTS) is 1. The number of halogens is 1. The third kappa shape index (κ3) is 3.37. The van der Waals surface area contributed by atoms with Gasteiger partial charge in [-0.2, -0.15) is 0 Å². The van der Waals surface area contributed by atoms with E-state index in [9.17, 15) is 9.18 Å². The number of carboxylic acids is 1. The van der Waals surface area contributed by atoms with Gasteiger partial charge >= 0.3 is 5.97 Å². The number of hydrogen-bond acceptors (Lipinski definition) is 2. The summed E-state index contributed by atoms with van der Waals surface area (Å²) in [5.41, 5.74) is 0.221. The summed E-state index contributed by atoms with van der Waals surface area (Å²) >= 11 is 0. The third-order valence-corrected chi connectivity index (χ3v) is 4.26. The van der Waals surface area contributed by atoms with Gasteiger partial charge in [0.1, 0.15) is 5.82 Å². The molecule has 2 unspecified atom stereocenters. The Kier molecular flexibility index (Phi) is 4.76. The second kappa shape index (κ2) is 6.35. The molecule has 0 amide bonds. The van der Waals surface area contributed by atoms with Crippen LogP contribution >= 0.6 is 0 Å². The average molecular weight is 279 g/mol. The van der Waals surface area contributed by atoms with E-state index in [1.807, 2.05) is 7.05 Å². The lowest BCUT2D eigenvalue weighted by Gasteiger charge is -2.34. The van der Waals surface area contributed by atoms with Crippen molar-refractivity contribution in [3.05, 3.63) is 35.1 Å². The van der Waals surface area contributed by atoms with E-state index in [0.717, 1.165) is 12.8 Å². The lowest BCUT2D eigenvalue weighted by Crippen LogP contribution is -2.35. The van der Waals surface area contributed by atoms with Gasteiger partial charge in [0.05, 0.1) is 5.56 Å². The van der Waals surface area contributed by atoms with Crippen molar-refractivity contribution in [3.63, 3.8) is 0 Å². The molecule has 0 aromatic heterocycles. The predicted octanol–water partition coefficient (Wildman–Crippen LogP) is 3.53. The largest absolute Gasteiger partial charge is 0.478 e. The van der Waals surface area contributed by atoms with Gasteiger partial charge in [-0.1, -0.05) is 31.9 Å². The molecule has 20 heavy (non-hydrogen) atoms. The first-order valence-electron chi connectivity index (χ1n) is 7.20. The molecular weight excluding hydrogens is 257 g/mol. The van der Waals surface area contributed by atoms with Crippen molar-refractivity contribution in [2.45, 2.75) is 45.2 Å². The van der Waals surface area contributed by atoms with Crippen molar-refractivity contribution >= 4 is 5.97 Å². The summed E-state index contributed by atoms with van der Waals surface area (Å²) in [5.74, 6) is -1.10. The first-order chi connectivity index (χ1) is 9.49.